The fourth-order valence-corrected chi connectivity index (χ4v) is 5.63. The molecule has 3 atom stereocenters. The molecule has 2 fully saturated rings. The van der Waals surface area contributed by atoms with E-state index in [0.717, 1.165) is 31.2 Å². The fraction of sp³-hybridized carbons (Fsp3) is 0.647. The van der Waals surface area contributed by atoms with E-state index in [1.165, 1.54) is 5.56 Å². The average Bonchev–Trinajstić information content (AvgIpc) is 3.09. The molecule has 0 bridgehead atoms. The summed E-state index contributed by atoms with van der Waals surface area (Å²) in [6.45, 7) is 5.40. The van der Waals surface area contributed by atoms with Gasteiger partial charge >= 0.3 is 0 Å². The van der Waals surface area contributed by atoms with Crippen molar-refractivity contribution in [1.29, 1.82) is 0 Å². The van der Waals surface area contributed by atoms with Gasteiger partial charge in [0.1, 0.15) is 0 Å². The number of nitrogens with zero attached hydrogens (tertiary/aromatic N) is 1. The number of nitrogens with two attached hydrogens (primary N) is 1. The SMILES string of the molecule is CCc1ccc(S(=O)(=O)N2CC3CCC(N)C3C2)cc1CC.Cl. The van der Waals surface area contributed by atoms with E-state index < -0.39 is 10.0 Å². The molecule has 0 amide bonds. The minimum absolute atomic E-state index is 0. The first kappa shape index (κ1) is 18.7. The molecule has 0 spiro atoms. The lowest BCUT2D eigenvalue weighted by Crippen LogP contribution is -2.33. The highest BCUT2D eigenvalue weighted by atomic mass is 35.5. The van der Waals surface area contributed by atoms with Crippen molar-refractivity contribution in [3.05, 3.63) is 29.3 Å². The minimum atomic E-state index is -3.38. The highest BCUT2D eigenvalue weighted by Crippen LogP contribution is 2.39. The largest absolute Gasteiger partial charge is 0.327 e. The first-order valence-corrected chi connectivity index (χ1v) is 9.78. The van der Waals surface area contributed by atoms with Gasteiger partial charge in [0.15, 0.2) is 0 Å². The maximum absolute atomic E-state index is 12.9. The molecular weight excluding hydrogens is 332 g/mol. The van der Waals surface area contributed by atoms with Crippen LogP contribution in [0.4, 0.5) is 0 Å². The van der Waals surface area contributed by atoms with Gasteiger partial charge in [-0.1, -0.05) is 19.9 Å². The monoisotopic (exact) mass is 358 g/mol. The van der Waals surface area contributed by atoms with E-state index in [2.05, 4.69) is 13.8 Å². The van der Waals surface area contributed by atoms with Crippen molar-refractivity contribution in [3.8, 4) is 0 Å². The molecule has 4 nitrogen and oxygen atoms in total. The summed E-state index contributed by atoms with van der Waals surface area (Å²) in [5.74, 6) is 0.792. The molecule has 1 aromatic carbocycles. The van der Waals surface area contributed by atoms with Crippen LogP contribution in [0.15, 0.2) is 23.1 Å². The molecule has 3 rings (SSSR count). The molecule has 1 aliphatic heterocycles. The molecular formula is C17H27ClN2O2S. The highest BCUT2D eigenvalue weighted by Gasteiger charge is 2.45. The van der Waals surface area contributed by atoms with Gasteiger partial charge in [-0.3, -0.25) is 0 Å². The number of hydrogen-bond acceptors (Lipinski definition) is 3. The van der Waals surface area contributed by atoms with Crippen LogP contribution in [0.2, 0.25) is 0 Å². The molecule has 1 aromatic rings. The van der Waals surface area contributed by atoms with E-state index in [4.69, 9.17) is 5.73 Å². The summed E-state index contributed by atoms with van der Waals surface area (Å²) in [6.07, 6.45) is 3.90. The van der Waals surface area contributed by atoms with Crippen LogP contribution >= 0.6 is 12.4 Å². The Kier molecular flexibility index (Phi) is 5.77. The summed E-state index contributed by atoms with van der Waals surface area (Å²) in [7, 11) is -3.38. The second kappa shape index (κ2) is 7.09. The molecule has 1 aliphatic carbocycles. The Morgan fingerprint density at radius 2 is 1.83 bits per heavy atom. The third kappa shape index (κ3) is 3.29. The van der Waals surface area contributed by atoms with Crippen LogP contribution in [-0.2, 0) is 22.9 Å². The molecule has 0 radical (unpaired) electrons. The van der Waals surface area contributed by atoms with Gasteiger partial charge < -0.3 is 5.73 Å². The zero-order chi connectivity index (χ0) is 15.9. The Morgan fingerprint density at radius 1 is 1.13 bits per heavy atom. The number of aryl methyl sites for hydroxylation is 2. The van der Waals surface area contributed by atoms with E-state index in [1.807, 2.05) is 12.1 Å². The molecule has 0 aromatic heterocycles. The smallest absolute Gasteiger partial charge is 0.243 e. The molecule has 2 N–H and O–H groups in total. The number of halogens is 1. The van der Waals surface area contributed by atoms with Crippen LogP contribution in [0.1, 0.15) is 37.8 Å². The van der Waals surface area contributed by atoms with E-state index in [-0.39, 0.29) is 18.4 Å². The number of sulfonamides is 1. The van der Waals surface area contributed by atoms with Crippen molar-refractivity contribution >= 4 is 22.4 Å². The van der Waals surface area contributed by atoms with Gasteiger partial charge in [-0.2, -0.15) is 4.31 Å². The zero-order valence-electron chi connectivity index (χ0n) is 13.9. The van der Waals surface area contributed by atoms with E-state index >= 15 is 0 Å². The van der Waals surface area contributed by atoms with Crippen molar-refractivity contribution in [2.75, 3.05) is 13.1 Å². The van der Waals surface area contributed by atoms with E-state index in [1.54, 1.807) is 10.4 Å². The highest BCUT2D eigenvalue weighted by molar-refractivity contribution is 7.89. The Hall–Kier alpha value is -0.620. The van der Waals surface area contributed by atoms with Crippen molar-refractivity contribution in [2.45, 2.75) is 50.5 Å². The molecule has 2 aliphatic rings. The molecule has 1 saturated heterocycles. The number of benzene rings is 1. The Bertz CT molecular complexity index is 663. The van der Waals surface area contributed by atoms with Crippen molar-refractivity contribution < 1.29 is 8.42 Å². The molecule has 1 heterocycles. The molecule has 130 valence electrons. The summed E-state index contributed by atoms with van der Waals surface area (Å²) >= 11 is 0. The summed E-state index contributed by atoms with van der Waals surface area (Å²) in [4.78, 5) is 0.440. The third-order valence-electron chi connectivity index (χ3n) is 5.46. The van der Waals surface area contributed by atoms with Crippen molar-refractivity contribution in [3.63, 3.8) is 0 Å². The fourth-order valence-electron chi connectivity index (χ4n) is 4.05. The Balaban J connectivity index is 0.00000192. The summed E-state index contributed by atoms with van der Waals surface area (Å²) in [6, 6.07) is 5.76. The van der Waals surface area contributed by atoms with Gasteiger partial charge in [0, 0.05) is 19.1 Å². The summed E-state index contributed by atoms with van der Waals surface area (Å²) in [5.41, 5.74) is 8.50. The molecule has 1 saturated carbocycles. The second-order valence-corrected chi connectivity index (χ2v) is 8.56. The van der Waals surface area contributed by atoms with Crippen LogP contribution in [0.5, 0.6) is 0 Å². The number of hydrogen-bond donors (Lipinski definition) is 1. The molecule has 3 unspecified atom stereocenters. The Morgan fingerprint density at radius 3 is 2.43 bits per heavy atom. The first-order valence-electron chi connectivity index (χ1n) is 8.34. The van der Waals surface area contributed by atoms with Gasteiger partial charge in [-0.15, -0.1) is 12.4 Å². The lowest BCUT2D eigenvalue weighted by atomic mass is 9.98. The number of fused-ring (bicyclic) bond motifs is 1. The normalized spacial score (nSPS) is 27.7. The van der Waals surface area contributed by atoms with Crippen LogP contribution in [-0.4, -0.2) is 31.9 Å². The first-order chi connectivity index (χ1) is 10.5. The quantitative estimate of drug-likeness (QED) is 0.899. The van der Waals surface area contributed by atoms with E-state index in [0.29, 0.717) is 29.8 Å². The van der Waals surface area contributed by atoms with Gasteiger partial charge in [0.05, 0.1) is 4.90 Å². The lowest BCUT2D eigenvalue weighted by Gasteiger charge is -2.19. The average molecular weight is 359 g/mol. The topological polar surface area (TPSA) is 63.4 Å². The second-order valence-electron chi connectivity index (χ2n) is 6.62. The van der Waals surface area contributed by atoms with Crippen LogP contribution in [0, 0.1) is 11.8 Å². The zero-order valence-corrected chi connectivity index (χ0v) is 15.5. The van der Waals surface area contributed by atoms with Gasteiger partial charge in [-0.25, -0.2) is 8.42 Å². The molecule has 23 heavy (non-hydrogen) atoms. The summed E-state index contributed by atoms with van der Waals surface area (Å²) < 4.78 is 27.5. The predicted molar refractivity (Wildman–Crippen MR) is 95.4 cm³/mol. The number of rotatable bonds is 4. The maximum atomic E-state index is 12.9. The minimum Gasteiger partial charge on any atom is -0.327 e. The van der Waals surface area contributed by atoms with Crippen LogP contribution < -0.4 is 5.73 Å². The Labute approximate surface area is 145 Å². The van der Waals surface area contributed by atoms with Crippen molar-refractivity contribution in [1.82, 2.24) is 4.31 Å². The van der Waals surface area contributed by atoms with E-state index in [9.17, 15) is 8.42 Å². The summed E-state index contributed by atoms with van der Waals surface area (Å²) in [5, 5.41) is 0. The van der Waals surface area contributed by atoms with Gasteiger partial charge in [0.25, 0.3) is 0 Å². The van der Waals surface area contributed by atoms with Gasteiger partial charge in [-0.05, 0) is 60.8 Å². The predicted octanol–water partition coefficient (Wildman–Crippen LogP) is 2.59. The van der Waals surface area contributed by atoms with Crippen LogP contribution in [0.25, 0.3) is 0 Å². The van der Waals surface area contributed by atoms with Crippen molar-refractivity contribution in [2.24, 2.45) is 17.6 Å². The maximum Gasteiger partial charge on any atom is 0.243 e. The molecule has 6 heteroatoms. The third-order valence-corrected chi connectivity index (χ3v) is 7.28. The lowest BCUT2D eigenvalue weighted by molar-refractivity contribution is 0.427. The van der Waals surface area contributed by atoms with Crippen LogP contribution in [0.3, 0.4) is 0 Å². The standard InChI is InChI=1S/C17H26N2O2S.ClH/c1-3-12-5-7-15(9-13(12)4-2)22(20,21)19-10-14-6-8-17(18)16(14)11-19;/h5,7,9,14,16-17H,3-4,6,8,10-11,18H2,1-2H3;1H. The van der Waals surface area contributed by atoms with Gasteiger partial charge in [0.2, 0.25) is 10.0 Å².